The Morgan fingerprint density at radius 1 is 1.07 bits per heavy atom. The maximum Gasteiger partial charge on any atom is 0.310 e. The number of fused-ring (bicyclic) bond motifs is 1. The number of nitrogens with one attached hydrogen (secondary N) is 1. The Morgan fingerprint density at radius 3 is 2.39 bits per heavy atom. The normalized spacial score (nSPS) is 16.9. The summed E-state index contributed by atoms with van der Waals surface area (Å²) in [6, 6.07) is 11.4. The minimum Gasteiger partial charge on any atom is -0.469 e. The number of anilines is 1. The molecule has 2 aromatic rings. The average molecular weight is 402 g/mol. The van der Waals surface area contributed by atoms with Crippen LogP contribution >= 0.6 is 11.9 Å². The van der Waals surface area contributed by atoms with Gasteiger partial charge in [0.1, 0.15) is 5.82 Å². The Balaban J connectivity index is 1.75. The molecule has 0 spiro atoms. The van der Waals surface area contributed by atoms with Crippen molar-refractivity contribution in [1.29, 1.82) is 0 Å². The predicted molar refractivity (Wildman–Crippen MR) is 113 cm³/mol. The Morgan fingerprint density at radius 2 is 1.75 bits per heavy atom. The van der Waals surface area contributed by atoms with Crippen molar-refractivity contribution in [3.63, 3.8) is 0 Å². The van der Waals surface area contributed by atoms with Crippen molar-refractivity contribution < 1.29 is 13.9 Å². The second-order valence-electron chi connectivity index (χ2n) is 8.74. The summed E-state index contributed by atoms with van der Waals surface area (Å²) >= 11 is 1.47. The Bertz CT molecular complexity index is 892. The van der Waals surface area contributed by atoms with E-state index in [-0.39, 0.29) is 17.3 Å². The van der Waals surface area contributed by atoms with Gasteiger partial charge in [-0.1, -0.05) is 39.8 Å². The van der Waals surface area contributed by atoms with E-state index in [0.29, 0.717) is 11.3 Å². The lowest BCUT2D eigenvalue weighted by Gasteiger charge is -2.42. The van der Waals surface area contributed by atoms with Gasteiger partial charge in [-0.3, -0.25) is 4.79 Å². The number of ether oxygens (including phenoxy) is 1. The summed E-state index contributed by atoms with van der Waals surface area (Å²) in [4.78, 5) is 12.4. The quantitative estimate of drug-likeness (QED) is 0.492. The number of esters is 1. The summed E-state index contributed by atoms with van der Waals surface area (Å²) in [5, 5.41) is 0. The summed E-state index contributed by atoms with van der Waals surface area (Å²) in [6.45, 7) is 9.23. The van der Waals surface area contributed by atoms with Crippen LogP contribution in [0.4, 0.5) is 10.1 Å². The molecule has 0 unspecified atom stereocenters. The van der Waals surface area contributed by atoms with E-state index in [4.69, 9.17) is 0 Å². The lowest BCUT2D eigenvalue weighted by Crippen LogP contribution is -2.33. The number of benzene rings is 2. The van der Waals surface area contributed by atoms with E-state index in [1.807, 2.05) is 0 Å². The molecule has 0 saturated heterocycles. The molecule has 1 aliphatic rings. The van der Waals surface area contributed by atoms with Gasteiger partial charge in [-0.25, -0.2) is 4.39 Å². The Hall–Kier alpha value is -2.01. The molecule has 150 valence electrons. The predicted octanol–water partition coefficient (Wildman–Crippen LogP) is 6.01. The SMILES string of the molecule is COC(=O)Cc1ccc(NSc2ccc3c(c2)C(C)(C)CCC3(C)C)cc1F. The van der Waals surface area contributed by atoms with Crippen LogP contribution in [0, 0.1) is 5.82 Å². The van der Waals surface area contributed by atoms with Crippen LogP contribution in [0.5, 0.6) is 0 Å². The second-order valence-corrected chi connectivity index (χ2v) is 9.62. The number of halogens is 1. The van der Waals surface area contributed by atoms with Crippen molar-refractivity contribution in [2.45, 2.75) is 62.7 Å². The number of carbonyl (C=O) groups is 1. The zero-order chi connectivity index (χ0) is 20.5. The third kappa shape index (κ3) is 4.35. The van der Waals surface area contributed by atoms with Crippen LogP contribution in [-0.4, -0.2) is 13.1 Å². The van der Waals surface area contributed by atoms with Gasteiger partial charge >= 0.3 is 5.97 Å². The van der Waals surface area contributed by atoms with Crippen LogP contribution < -0.4 is 4.72 Å². The molecule has 0 atom stereocenters. The number of methoxy groups -OCH3 is 1. The molecule has 0 fully saturated rings. The molecule has 5 heteroatoms. The highest BCUT2D eigenvalue weighted by Crippen LogP contribution is 2.46. The largest absolute Gasteiger partial charge is 0.469 e. The molecule has 1 N–H and O–H groups in total. The Kier molecular flexibility index (Phi) is 5.76. The molecule has 3 rings (SSSR count). The standard InChI is InChI=1S/C23H28FNO2S/c1-22(2)10-11-23(3,4)19-14-17(8-9-18(19)22)28-25-16-7-6-15(20(24)13-16)12-21(26)27-5/h6-9,13-14,25H,10-12H2,1-5H3. The highest BCUT2D eigenvalue weighted by molar-refractivity contribution is 8.00. The molecule has 3 nitrogen and oxygen atoms in total. The highest BCUT2D eigenvalue weighted by atomic mass is 32.2. The fourth-order valence-corrected chi connectivity index (χ4v) is 4.41. The van der Waals surface area contributed by atoms with Crippen molar-refractivity contribution in [1.82, 2.24) is 0 Å². The third-order valence-electron chi connectivity index (χ3n) is 5.73. The molecule has 1 aliphatic carbocycles. The maximum atomic E-state index is 14.2. The molecule has 0 aromatic heterocycles. The monoisotopic (exact) mass is 401 g/mol. The third-order valence-corrected chi connectivity index (χ3v) is 6.55. The van der Waals surface area contributed by atoms with Crippen LogP contribution in [0.15, 0.2) is 41.3 Å². The first-order chi connectivity index (χ1) is 13.1. The van der Waals surface area contributed by atoms with Gasteiger partial charge in [-0.15, -0.1) is 0 Å². The summed E-state index contributed by atoms with van der Waals surface area (Å²) < 4.78 is 22.0. The molecule has 28 heavy (non-hydrogen) atoms. The van der Waals surface area contributed by atoms with Crippen molar-refractivity contribution in [3.8, 4) is 0 Å². The van der Waals surface area contributed by atoms with E-state index in [2.05, 4.69) is 55.4 Å². The van der Waals surface area contributed by atoms with Gasteiger partial charge in [0.2, 0.25) is 0 Å². The average Bonchev–Trinajstić information content (AvgIpc) is 2.65. The Labute approximate surface area is 171 Å². The fourth-order valence-electron chi connectivity index (χ4n) is 3.73. The van der Waals surface area contributed by atoms with Gasteiger partial charge in [-0.05, 0) is 76.6 Å². The van der Waals surface area contributed by atoms with Crippen LogP contribution in [-0.2, 0) is 26.8 Å². The van der Waals surface area contributed by atoms with E-state index in [1.165, 1.54) is 49.1 Å². The van der Waals surface area contributed by atoms with Crippen LogP contribution in [0.1, 0.15) is 57.2 Å². The summed E-state index contributed by atoms with van der Waals surface area (Å²) in [5.41, 5.74) is 4.17. The van der Waals surface area contributed by atoms with Gasteiger partial charge in [-0.2, -0.15) is 0 Å². The molecule has 0 bridgehead atoms. The summed E-state index contributed by atoms with van der Waals surface area (Å²) in [6.07, 6.45) is 2.29. The van der Waals surface area contributed by atoms with Crippen LogP contribution in [0.3, 0.4) is 0 Å². The van der Waals surface area contributed by atoms with Gasteiger partial charge in [0, 0.05) is 10.6 Å². The minimum atomic E-state index is -0.450. The van der Waals surface area contributed by atoms with Crippen molar-refractivity contribution in [3.05, 3.63) is 58.9 Å². The number of hydrogen-bond donors (Lipinski definition) is 1. The molecule has 0 aliphatic heterocycles. The van der Waals surface area contributed by atoms with Gasteiger partial charge in [0.15, 0.2) is 0 Å². The maximum absolute atomic E-state index is 14.2. The lowest BCUT2D eigenvalue weighted by atomic mass is 9.63. The molecular weight excluding hydrogens is 373 g/mol. The van der Waals surface area contributed by atoms with Crippen molar-refractivity contribution in [2.24, 2.45) is 0 Å². The van der Waals surface area contributed by atoms with Gasteiger partial charge < -0.3 is 9.46 Å². The fraction of sp³-hybridized carbons (Fsp3) is 0.435. The topological polar surface area (TPSA) is 38.3 Å². The second kappa shape index (κ2) is 7.78. The van der Waals surface area contributed by atoms with Gasteiger partial charge in [0.25, 0.3) is 0 Å². The summed E-state index contributed by atoms with van der Waals surface area (Å²) in [7, 11) is 1.30. The summed E-state index contributed by atoms with van der Waals surface area (Å²) in [5.74, 6) is -0.863. The van der Waals surface area contributed by atoms with Crippen molar-refractivity contribution >= 4 is 23.6 Å². The first kappa shape index (κ1) is 20.7. The van der Waals surface area contributed by atoms with E-state index in [1.54, 1.807) is 12.1 Å². The van der Waals surface area contributed by atoms with Crippen molar-refractivity contribution in [2.75, 3.05) is 11.8 Å². The molecule has 0 heterocycles. The lowest BCUT2D eigenvalue weighted by molar-refractivity contribution is -0.139. The highest BCUT2D eigenvalue weighted by Gasteiger charge is 2.36. The van der Waals surface area contributed by atoms with E-state index in [0.717, 1.165) is 4.90 Å². The van der Waals surface area contributed by atoms with E-state index >= 15 is 0 Å². The zero-order valence-electron chi connectivity index (χ0n) is 17.2. The van der Waals surface area contributed by atoms with Crippen LogP contribution in [0.2, 0.25) is 0 Å². The minimum absolute atomic E-state index is 0.0640. The number of hydrogen-bond acceptors (Lipinski definition) is 4. The number of rotatable bonds is 5. The molecule has 2 aromatic carbocycles. The van der Waals surface area contributed by atoms with Crippen LogP contribution in [0.25, 0.3) is 0 Å². The molecule has 0 radical (unpaired) electrons. The molecule has 0 amide bonds. The van der Waals surface area contributed by atoms with Gasteiger partial charge in [0.05, 0.1) is 13.5 Å². The first-order valence-corrected chi connectivity index (χ1v) is 10.4. The molecule has 0 saturated carbocycles. The molecular formula is C23H28FNO2S. The number of carbonyl (C=O) groups excluding carboxylic acids is 1. The van der Waals surface area contributed by atoms with E-state index < -0.39 is 11.8 Å². The first-order valence-electron chi connectivity index (χ1n) is 9.55. The smallest absolute Gasteiger partial charge is 0.310 e. The zero-order valence-corrected chi connectivity index (χ0v) is 18.0. The van der Waals surface area contributed by atoms with E-state index in [9.17, 15) is 9.18 Å².